The largest absolute Gasteiger partial charge is 0.381 e. The van der Waals surface area contributed by atoms with Crippen LogP contribution in [-0.4, -0.2) is 13.2 Å². The maximum Gasteiger partial charge on any atom is 0.0605 e. The average Bonchev–Trinajstić information content (AvgIpc) is 1.88. The molecule has 2 atom stereocenters. The summed E-state index contributed by atoms with van der Waals surface area (Å²) in [4.78, 5) is 0. The van der Waals surface area contributed by atoms with E-state index in [2.05, 4.69) is 13.3 Å². The van der Waals surface area contributed by atoms with E-state index < -0.39 is 0 Å². The first-order valence-electron chi connectivity index (χ1n) is 3.69. The third-order valence-electron chi connectivity index (χ3n) is 2.03. The highest BCUT2D eigenvalue weighted by Crippen LogP contribution is 2.23. The van der Waals surface area contributed by atoms with E-state index in [9.17, 15) is 0 Å². The molecule has 0 saturated heterocycles. The van der Waals surface area contributed by atoms with Crippen molar-refractivity contribution in [3.05, 3.63) is 6.42 Å². The van der Waals surface area contributed by atoms with Crippen LogP contribution in [0.1, 0.15) is 26.2 Å². The zero-order valence-electron chi connectivity index (χ0n) is 6.26. The minimum Gasteiger partial charge on any atom is -0.381 e. The number of rotatable bonds is 1. The molecule has 1 nitrogen and oxygen atoms in total. The normalized spacial score (nSPS) is 36.7. The predicted octanol–water partition coefficient (Wildman–Crippen LogP) is 2.03. The molecule has 0 aromatic rings. The van der Waals surface area contributed by atoms with Crippen LogP contribution in [0.5, 0.6) is 0 Å². The molecule has 0 bridgehead atoms. The Morgan fingerprint density at radius 2 is 2.33 bits per heavy atom. The zero-order valence-corrected chi connectivity index (χ0v) is 6.26. The quantitative estimate of drug-likeness (QED) is 0.523. The molecule has 1 fully saturated rings. The van der Waals surface area contributed by atoms with Crippen molar-refractivity contribution < 1.29 is 4.74 Å². The lowest BCUT2D eigenvalue weighted by molar-refractivity contribution is 0.0893. The third kappa shape index (κ3) is 1.98. The Bertz CT molecular complexity index is 80.6. The van der Waals surface area contributed by atoms with Crippen molar-refractivity contribution in [3.8, 4) is 0 Å². The standard InChI is InChI=1S/C8H15O/c1-7-4-3-5-8(6-7)9-2/h5,7-8H,3-4,6H2,1-2H3. The molecule has 0 heterocycles. The van der Waals surface area contributed by atoms with Crippen LogP contribution in [0.3, 0.4) is 0 Å². The zero-order chi connectivity index (χ0) is 6.69. The minimum atomic E-state index is 0.439. The first-order chi connectivity index (χ1) is 4.33. The van der Waals surface area contributed by atoms with Gasteiger partial charge in [-0.05, 0) is 25.2 Å². The summed E-state index contributed by atoms with van der Waals surface area (Å²) in [7, 11) is 1.79. The van der Waals surface area contributed by atoms with E-state index in [1.807, 2.05) is 0 Å². The van der Waals surface area contributed by atoms with Gasteiger partial charge in [-0.15, -0.1) is 0 Å². The van der Waals surface area contributed by atoms with Gasteiger partial charge in [-0.25, -0.2) is 0 Å². The van der Waals surface area contributed by atoms with Gasteiger partial charge in [0.25, 0.3) is 0 Å². The van der Waals surface area contributed by atoms with Crippen LogP contribution >= 0.6 is 0 Å². The third-order valence-corrected chi connectivity index (χ3v) is 2.03. The number of methoxy groups -OCH3 is 1. The highest BCUT2D eigenvalue weighted by atomic mass is 16.5. The number of hydrogen-bond acceptors (Lipinski definition) is 1. The second-order valence-electron chi connectivity index (χ2n) is 2.93. The summed E-state index contributed by atoms with van der Waals surface area (Å²) in [5.74, 6) is 0.861. The van der Waals surface area contributed by atoms with E-state index in [1.54, 1.807) is 7.11 Å². The Balaban J connectivity index is 2.23. The molecule has 1 saturated carbocycles. The van der Waals surface area contributed by atoms with Crippen LogP contribution in [0.2, 0.25) is 0 Å². The topological polar surface area (TPSA) is 9.23 Å². The molecule has 2 unspecified atom stereocenters. The van der Waals surface area contributed by atoms with E-state index >= 15 is 0 Å². The molecule has 1 aliphatic carbocycles. The van der Waals surface area contributed by atoms with Gasteiger partial charge in [0.05, 0.1) is 6.10 Å². The van der Waals surface area contributed by atoms with Crippen LogP contribution in [0, 0.1) is 12.3 Å². The molecule has 0 amide bonds. The molecule has 0 spiro atoms. The molecule has 1 aliphatic rings. The molecule has 9 heavy (non-hydrogen) atoms. The van der Waals surface area contributed by atoms with E-state index in [-0.39, 0.29) is 0 Å². The van der Waals surface area contributed by atoms with Crippen molar-refractivity contribution >= 4 is 0 Å². The molecular formula is C8H15O. The molecule has 0 aromatic heterocycles. The monoisotopic (exact) mass is 127 g/mol. The van der Waals surface area contributed by atoms with Gasteiger partial charge in [0.15, 0.2) is 0 Å². The second kappa shape index (κ2) is 3.21. The summed E-state index contributed by atoms with van der Waals surface area (Å²) >= 11 is 0. The highest BCUT2D eigenvalue weighted by Gasteiger charge is 2.17. The van der Waals surface area contributed by atoms with Crippen molar-refractivity contribution in [3.63, 3.8) is 0 Å². The fourth-order valence-corrected chi connectivity index (χ4v) is 1.37. The molecule has 0 N–H and O–H groups in total. The summed E-state index contributed by atoms with van der Waals surface area (Å²) < 4.78 is 5.21. The smallest absolute Gasteiger partial charge is 0.0605 e. The van der Waals surface area contributed by atoms with Gasteiger partial charge < -0.3 is 4.74 Å². The van der Waals surface area contributed by atoms with Gasteiger partial charge in [0.1, 0.15) is 0 Å². The lowest BCUT2D eigenvalue weighted by atomic mass is 9.89. The summed E-state index contributed by atoms with van der Waals surface area (Å²) in [6, 6.07) is 0. The number of ether oxygens (including phenoxy) is 1. The van der Waals surface area contributed by atoms with Gasteiger partial charge in [0.2, 0.25) is 0 Å². The Hall–Kier alpha value is -0.0400. The molecular weight excluding hydrogens is 112 g/mol. The Kier molecular flexibility index (Phi) is 2.52. The summed E-state index contributed by atoms with van der Waals surface area (Å²) in [6.45, 7) is 2.29. The summed E-state index contributed by atoms with van der Waals surface area (Å²) in [5.41, 5.74) is 0. The van der Waals surface area contributed by atoms with Crippen molar-refractivity contribution in [1.29, 1.82) is 0 Å². The molecule has 1 rings (SSSR count). The number of hydrogen-bond donors (Lipinski definition) is 0. The van der Waals surface area contributed by atoms with E-state index in [0.717, 1.165) is 5.92 Å². The first-order valence-corrected chi connectivity index (χ1v) is 3.69. The van der Waals surface area contributed by atoms with Crippen molar-refractivity contribution in [2.45, 2.75) is 32.3 Å². The van der Waals surface area contributed by atoms with Crippen LogP contribution in [0.25, 0.3) is 0 Å². The second-order valence-corrected chi connectivity index (χ2v) is 2.93. The van der Waals surface area contributed by atoms with Crippen molar-refractivity contribution in [2.24, 2.45) is 5.92 Å². The molecule has 0 aliphatic heterocycles. The van der Waals surface area contributed by atoms with E-state index in [1.165, 1.54) is 19.3 Å². The molecule has 0 aromatic carbocycles. The first kappa shape index (κ1) is 7.07. The van der Waals surface area contributed by atoms with Crippen LogP contribution in [0.15, 0.2) is 0 Å². The lowest BCUT2D eigenvalue weighted by Gasteiger charge is -2.24. The summed E-state index contributed by atoms with van der Waals surface area (Å²) in [5, 5.41) is 0. The predicted molar refractivity (Wildman–Crippen MR) is 38.1 cm³/mol. The van der Waals surface area contributed by atoms with Gasteiger partial charge in [-0.2, -0.15) is 0 Å². The van der Waals surface area contributed by atoms with E-state index in [0.29, 0.717) is 6.10 Å². The van der Waals surface area contributed by atoms with Gasteiger partial charge in [-0.1, -0.05) is 13.3 Å². The Morgan fingerprint density at radius 1 is 1.56 bits per heavy atom. The highest BCUT2D eigenvalue weighted by molar-refractivity contribution is 4.84. The maximum absolute atomic E-state index is 5.21. The molecule has 1 radical (unpaired) electrons. The fourth-order valence-electron chi connectivity index (χ4n) is 1.37. The molecule has 1 heteroatoms. The lowest BCUT2D eigenvalue weighted by Crippen LogP contribution is -2.20. The Labute approximate surface area is 57.4 Å². The average molecular weight is 127 g/mol. The summed E-state index contributed by atoms with van der Waals surface area (Å²) in [6.07, 6.45) is 6.52. The minimum absolute atomic E-state index is 0.439. The van der Waals surface area contributed by atoms with Crippen LogP contribution in [-0.2, 0) is 4.74 Å². The van der Waals surface area contributed by atoms with Gasteiger partial charge in [-0.3, -0.25) is 0 Å². The Morgan fingerprint density at radius 3 is 2.78 bits per heavy atom. The van der Waals surface area contributed by atoms with Crippen molar-refractivity contribution in [1.82, 2.24) is 0 Å². The van der Waals surface area contributed by atoms with Gasteiger partial charge >= 0.3 is 0 Å². The van der Waals surface area contributed by atoms with Gasteiger partial charge in [0, 0.05) is 7.11 Å². The van der Waals surface area contributed by atoms with E-state index in [4.69, 9.17) is 4.74 Å². The van der Waals surface area contributed by atoms with Crippen LogP contribution in [0.4, 0.5) is 0 Å². The van der Waals surface area contributed by atoms with Crippen LogP contribution < -0.4 is 0 Å². The maximum atomic E-state index is 5.21. The fraction of sp³-hybridized carbons (Fsp3) is 0.875. The van der Waals surface area contributed by atoms with Crippen molar-refractivity contribution in [2.75, 3.05) is 7.11 Å². The molecule has 53 valence electrons. The SMILES string of the molecule is COC1[CH]CCC(C)C1.